The lowest BCUT2D eigenvalue weighted by Gasteiger charge is -2.27. The normalized spacial score (nSPS) is 17.6. The standard InChI is InChI=1S/C20H19N3O4/c1-20(2)18(25)12-8-14(24)17-16(13(12)9-21-20)22-19(23-17)11-6-5-10(26-3)7-15(11)27-4/h5-7,9H,8H2,1-4H3,(H,22,23). The molecule has 0 atom stereocenters. The lowest BCUT2D eigenvalue weighted by atomic mass is 9.81. The minimum absolute atomic E-state index is 0.0536. The van der Waals surface area contributed by atoms with E-state index in [2.05, 4.69) is 15.0 Å². The molecule has 1 N–H and O–H groups in total. The third-order valence-corrected chi connectivity index (χ3v) is 4.91. The highest BCUT2D eigenvalue weighted by molar-refractivity contribution is 6.29. The average Bonchev–Trinajstić information content (AvgIpc) is 3.10. The summed E-state index contributed by atoms with van der Waals surface area (Å²) in [6.45, 7) is 3.49. The Labute approximate surface area is 156 Å². The predicted molar refractivity (Wildman–Crippen MR) is 101 cm³/mol. The monoisotopic (exact) mass is 365 g/mol. The predicted octanol–water partition coefficient (Wildman–Crippen LogP) is 2.87. The summed E-state index contributed by atoms with van der Waals surface area (Å²) in [6.07, 6.45) is 1.70. The van der Waals surface area contributed by atoms with Crippen LogP contribution >= 0.6 is 0 Å². The van der Waals surface area contributed by atoms with Crippen LogP contribution in [0.2, 0.25) is 0 Å². The van der Waals surface area contributed by atoms with E-state index in [9.17, 15) is 9.59 Å². The van der Waals surface area contributed by atoms with Crippen molar-refractivity contribution in [3.05, 3.63) is 35.2 Å². The maximum Gasteiger partial charge on any atom is 0.186 e. The largest absolute Gasteiger partial charge is 0.497 e. The minimum atomic E-state index is -0.852. The van der Waals surface area contributed by atoms with Crippen LogP contribution in [-0.2, 0) is 4.79 Å². The van der Waals surface area contributed by atoms with E-state index in [0.717, 1.165) is 0 Å². The Balaban J connectivity index is 1.86. The van der Waals surface area contributed by atoms with Crippen LogP contribution in [0.15, 0.2) is 28.8 Å². The zero-order chi connectivity index (χ0) is 19.3. The highest BCUT2D eigenvalue weighted by Gasteiger charge is 2.40. The van der Waals surface area contributed by atoms with Gasteiger partial charge in [0.1, 0.15) is 34.3 Å². The van der Waals surface area contributed by atoms with Crippen molar-refractivity contribution < 1.29 is 19.1 Å². The van der Waals surface area contributed by atoms with Gasteiger partial charge in [-0.15, -0.1) is 0 Å². The van der Waals surface area contributed by atoms with Gasteiger partial charge >= 0.3 is 0 Å². The van der Waals surface area contributed by atoms with E-state index in [4.69, 9.17) is 9.47 Å². The summed E-state index contributed by atoms with van der Waals surface area (Å²) >= 11 is 0. The smallest absolute Gasteiger partial charge is 0.186 e. The Hall–Kier alpha value is -3.22. The summed E-state index contributed by atoms with van der Waals surface area (Å²) in [5, 5.41) is 0. The molecule has 7 heteroatoms. The number of aliphatic imine (C=N–C) groups is 1. The zero-order valence-corrected chi connectivity index (χ0v) is 15.5. The third-order valence-electron chi connectivity index (χ3n) is 4.91. The number of fused-ring (bicyclic) bond motifs is 2. The molecular formula is C20H19N3O4. The first kappa shape index (κ1) is 17.2. The number of hydrogen-bond acceptors (Lipinski definition) is 6. The fourth-order valence-corrected chi connectivity index (χ4v) is 3.37. The molecule has 27 heavy (non-hydrogen) atoms. The van der Waals surface area contributed by atoms with Crippen molar-refractivity contribution in [2.24, 2.45) is 4.99 Å². The van der Waals surface area contributed by atoms with Crippen LogP contribution in [0.1, 0.15) is 36.5 Å². The molecule has 2 aromatic rings. The second-order valence-electron chi connectivity index (χ2n) is 7.01. The van der Waals surface area contributed by atoms with Crippen LogP contribution in [0.4, 0.5) is 0 Å². The number of allylic oxidation sites excluding steroid dienone is 1. The summed E-state index contributed by atoms with van der Waals surface area (Å²) in [5.74, 6) is 1.42. The van der Waals surface area contributed by atoms with Gasteiger partial charge < -0.3 is 14.5 Å². The molecule has 1 aromatic carbocycles. The summed E-state index contributed by atoms with van der Waals surface area (Å²) in [4.78, 5) is 37.4. The second-order valence-corrected chi connectivity index (χ2v) is 7.01. The van der Waals surface area contributed by atoms with Crippen LogP contribution in [0.3, 0.4) is 0 Å². The molecular weight excluding hydrogens is 346 g/mol. The first-order chi connectivity index (χ1) is 12.9. The molecule has 0 unspecified atom stereocenters. The first-order valence-electron chi connectivity index (χ1n) is 8.55. The molecule has 2 aliphatic rings. The molecule has 0 saturated heterocycles. The molecule has 7 nitrogen and oxygen atoms in total. The number of Topliss-reactive ketones (excluding diaryl/α,β-unsaturated/α-hetero) is 2. The minimum Gasteiger partial charge on any atom is -0.497 e. The maximum absolute atomic E-state index is 12.7. The summed E-state index contributed by atoms with van der Waals surface area (Å²) < 4.78 is 10.7. The van der Waals surface area contributed by atoms with Crippen LogP contribution in [0.5, 0.6) is 11.5 Å². The number of aromatic nitrogens is 2. The molecule has 0 spiro atoms. The molecule has 138 valence electrons. The molecule has 1 aromatic heterocycles. The van der Waals surface area contributed by atoms with Crippen LogP contribution in [0.25, 0.3) is 17.0 Å². The first-order valence-corrected chi connectivity index (χ1v) is 8.55. The number of hydrogen-bond donors (Lipinski definition) is 1. The van der Waals surface area contributed by atoms with Crippen LogP contribution in [-0.4, -0.2) is 47.5 Å². The van der Waals surface area contributed by atoms with E-state index in [-0.39, 0.29) is 18.0 Å². The number of ether oxygens (including phenoxy) is 2. The van der Waals surface area contributed by atoms with Crippen molar-refractivity contribution in [2.45, 2.75) is 25.8 Å². The molecule has 0 bridgehead atoms. The summed E-state index contributed by atoms with van der Waals surface area (Å²) in [6, 6.07) is 5.35. The molecule has 1 aliphatic carbocycles. The molecule has 0 radical (unpaired) electrons. The zero-order valence-electron chi connectivity index (χ0n) is 15.5. The topological polar surface area (TPSA) is 93.6 Å². The van der Waals surface area contributed by atoms with Gasteiger partial charge in [-0.2, -0.15) is 0 Å². The van der Waals surface area contributed by atoms with Crippen molar-refractivity contribution >= 4 is 23.4 Å². The van der Waals surface area contributed by atoms with Gasteiger partial charge in [0, 0.05) is 29.8 Å². The van der Waals surface area contributed by atoms with Gasteiger partial charge in [0.15, 0.2) is 11.6 Å². The van der Waals surface area contributed by atoms with Gasteiger partial charge in [0.2, 0.25) is 0 Å². The number of carbonyl (C=O) groups excluding carboxylic acids is 2. The Morgan fingerprint density at radius 3 is 2.63 bits per heavy atom. The van der Waals surface area contributed by atoms with Crippen LogP contribution in [0, 0.1) is 0 Å². The van der Waals surface area contributed by atoms with Crippen molar-refractivity contribution in [2.75, 3.05) is 14.2 Å². The Morgan fingerprint density at radius 2 is 1.93 bits per heavy atom. The number of nitrogens with zero attached hydrogens (tertiary/aromatic N) is 2. The van der Waals surface area contributed by atoms with Crippen molar-refractivity contribution in [1.82, 2.24) is 9.97 Å². The van der Waals surface area contributed by atoms with Gasteiger partial charge in [-0.3, -0.25) is 14.6 Å². The van der Waals surface area contributed by atoms with Crippen molar-refractivity contribution in [1.29, 1.82) is 0 Å². The Morgan fingerprint density at radius 1 is 1.15 bits per heavy atom. The fraction of sp³-hybridized carbons (Fsp3) is 0.300. The second kappa shape index (κ2) is 5.90. The number of rotatable bonds is 3. The van der Waals surface area contributed by atoms with Gasteiger partial charge in [0.05, 0.1) is 19.8 Å². The highest BCUT2D eigenvalue weighted by Crippen LogP contribution is 2.38. The number of methoxy groups -OCH3 is 2. The number of nitrogens with one attached hydrogen (secondary N) is 1. The summed E-state index contributed by atoms with van der Waals surface area (Å²) in [7, 11) is 3.13. The van der Waals surface area contributed by atoms with E-state index < -0.39 is 5.54 Å². The number of imidazole rings is 1. The van der Waals surface area contributed by atoms with E-state index in [0.29, 0.717) is 45.4 Å². The van der Waals surface area contributed by atoms with Crippen LogP contribution < -0.4 is 9.47 Å². The molecule has 4 rings (SSSR count). The average molecular weight is 365 g/mol. The van der Waals surface area contributed by atoms with Crippen molar-refractivity contribution in [3.8, 4) is 22.9 Å². The Bertz CT molecular complexity index is 1040. The van der Waals surface area contributed by atoms with E-state index in [1.807, 2.05) is 6.07 Å². The quantitative estimate of drug-likeness (QED) is 0.903. The third kappa shape index (κ3) is 2.58. The van der Waals surface area contributed by atoms with Gasteiger partial charge in [0.25, 0.3) is 0 Å². The lowest BCUT2D eigenvalue weighted by molar-refractivity contribution is -0.119. The number of H-pyrrole nitrogens is 1. The van der Waals surface area contributed by atoms with E-state index >= 15 is 0 Å². The maximum atomic E-state index is 12.7. The van der Waals surface area contributed by atoms with E-state index in [1.54, 1.807) is 46.4 Å². The number of benzene rings is 1. The number of aromatic amines is 1. The highest BCUT2D eigenvalue weighted by atomic mass is 16.5. The van der Waals surface area contributed by atoms with Gasteiger partial charge in [-0.1, -0.05) is 0 Å². The SMILES string of the molecule is COc1ccc(-c2nc3c([nH]2)C(=O)CC2=C3C=NC(C)(C)C2=O)c(OC)c1. The number of dihydropyridines is 1. The molecule has 0 amide bonds. The summed E-state index contributed by atoms with van der Waals surface area (Å²) in [5.41, 5.74) is 1.79. The Kier molecular flexibility index (Phi) is 3.76. The fourth-order valence-electron chi connectivity index (χ4n) is 3.37. The van der Waals surface area contributed by atoms with Crippen molar-refractivity contribution in [3.63, 3.8) is 0 Å². The molecule has 1 aliphatic heterocycles. The number of carbonyl (C=O) groups is 2. The van der Waals surface area contributed by atoms with E-state index in [1.165, 1.54) is 0 Å². The molecule has 0 fully saturated rings. The lowest BCUT2D eigenvalue weighted by Crippen LogP contribution is -2.36. The van der Waals surface area contributed by atoms with Gasteiger partial charge in [-0.05, 0) is 26.0 Å². The molecule has 2 heterocycles. The molecule has 0 saturated carbocycles. The van der Waals surface area contributed by atoms with Gasteiger partial charge in [-0.25, -0.2) is 4.98 Å². The number of ketones is 2.